The van der Waals surface area contributed by atoms with Crippen molar-refractivity contribution in [1.82, 2.24) is 0 Å². The van der Waals surface area contributed by atoms with Gasteiger partial charge in [0.05, 0.1) is 12.8 Å². The van der Waals surface area contributed by atoms with Crippen LogP contribution in [0.2, 0.25) is 0 Å². The predicted molar refractivity (Wildman–Crippen MR) is 84.3 cm³/mol. The summed E-state index contributed by atoms with van der Waals surface area (Å²) in [6, 6.07) is 12.9. The summed E-state index contributed by atoms with van der Waals surface area (Å²) in [6.07, 6.45) is 0.667. The van der Waals surface area contributed by atoms with Crippen molar-refractivity contribution in [3.05, 3.63) is 59.4 Å². The Bertz CT molecular complexity index is 584. The highest BCUT2D eigenvalue weighted by Gasteiger charge is 2.13. The highest BCUT2D eigenvalue weighted by molar-refractivity contribution is 5.55. The molecule has 4 heteroatoms. The third-order valence-electron chi connectivity index (χ3n) is 3.44. The Balaban J connectivity index is 2.20. The van der Waals surface area contributed by atoms with Crippen LogP contribution in [0.4, 0.5) is 10.1 Å². The quantitative estimate of drug-likeness (QED) is 0.888. The standard InChI is InChI=1S/C17H21FN2O/c1-20(12-13-6-8-15(21-2)9-7-13)17-14(10-11-19)4-3-5-16(17)18/h3-9H,10-12,19H2,1-2H3. The second-order valence-corrected chi connectivity index (χ2v) is 4.99. The number of hydrogen-bond donors (Lipinski definition) is 1. The lowest BCUT2D eigenvalue weighted by Crippen LogP contribution is -2.20. The molecule has 2 N–H and O–H groups in total. The van der Waals surface area contributed by atoms with E-state index in [1.165, 1.54) is 6.07 Å². The summed E-state index contributed by atoms with van der Waals surface area (Å²) in [5.74, 6) is 0.605. The van der Waals surface area contributed by atoms with Crippen molar-refractivity contribution in [3.63, 3.8) is 0 Å². The van der Waals surface area contributed by atoms with E-state index in [1.807, 2.05) is 42.3 Å². The molecule has 2 rings (SSSR count). The molecule has 21 heavy (non-hydrogen) atoms. The monoisotopic (exact) mass is 288 g/mol. The number of ether oxygens (including phenoxy) is 1. The number of methoxy groups -OCH3 is 1. The third kappa shape index (κ3) is 3.73. The first kappa shape index (κ1) is 15.3. The van der Waals surface area contributed by atoms with Crippen molar-refractivity contribution in [3.8, 4) is 5.75 Å². The van der Waals surface area contributed by atoms with Crippen LogP contribution in [0.5, 0.6) is 5.75 Å². The van der Waals surface area contributed by atoms with Gasteiger partial charge in [0.25, 0.3) is 0 Å². The summed E-state index contributed by atoms with van der Waals surface area (Å²) in [7, 11) is 3.53. The van der Waals surface area contributed by atoms with Crippen LogP contribution in [0.1, 0.15) is 11.1 Å². The smallest absolute Gasteiger partial charge is 0.146 e. The van der Waals surface area contributed by atoms with Gasteiger partial charge in [0, 0.05) is 13.6 Å². The number of benzene rings is 2. The van der Waals surface area contributed by atoms with Gasteiger partial charge in [0.15, 0.2) is 0 Å². The zero-order chi connectivity index (χ0) is 15.2. The van der Waals surface area contributed by atoms with Gasteiger partial charge >= 0.3 is 0 Å². The average molecular weight is 288 g/mol. The molecule has 0 saturated carbocycles. The van der Waals surface area contributed by atoms with Gasteiger partial charge in [-0.25, -0.2) is 4.39 Å². The van der Waals surface area contributed by atoms with Gasteiger partial charge in [-0.2, -0.15) is 0 Å². The Morgan fingerprint density at radius 1 is 1.14 bits per heavy atom. The van der Waals surface area contributed by atoms with Gasteiger partial charge in [-0.05, 0) is 42.3 Å². The molecule has 2 aromatic carbocycles. The first-order valence-corrected chi connectivity index (χ1v) is 6.97. The molecule has 0 aliphatic carbocycles. The van der Waals surface area contributed by atoms with E-state index < -0.39 is 0 Å². The SMILES string of the molecule is COc1ccc(CN(C)c2c(F)cccc2CCN)cc1. The number of anilines is 1. The van der Waals surface area contributed by atoms with E-state index in [0.29, 0.717) is 25.2 Å². The van der Waals surface area contributed by atoms with E-state index in [9.17, 15) is 4.39 Å². The van der Waals surface area contributed by atoms with Gasteiger partial charge in [-0.3, -0.25) is 0 Å². The Hall–Kier alpha value is -2.07. The molecule has 0 bridgehead atoms. The van der Waals surface area contributed by atoms with E-state index >= 15 is 0 Å². The fourth-order valence-electron chi connectivity index (χ4n) is 2.43. The molecular weight excluding hydrogens is 267 g/mol. The maximum atomic E-state index is 14.1. The molecule has 0 heterocycles. The predicted octanol–water partition coefficient (Wildman–Crippen LogP) is 2.97. The Morgan fingerprint density at radius 2 is 1.86 bits per heavy atom. The summed E-state index contributed by atoms with van der Waals surface area (Å²) in [5.41, 5.74) is 8.27. The minimum atomic E-state index is -0.211. The van der Waals surface area contributed by atoms with Crippen LogP contribution in [0, 0.1) is 5.82 Å². The van der Waals surface area contributed by atoms with Gasteiger partial charge in [-0.15, -0.1) is 0 Å². The zero-order valence-corrected chi connectivity index (χ0v) is 12.5. The van der Waals surface area contributed by atoms with Gasteiger partial charge in [-0.1, -0.05) is 24.3 Å². The first-order chi connectivity index (χ1) is 10.2. The second-order valence-electron chi connectivity index (χ2n) is 4.99. The zero-order valence-electron chi connectivity index (χ0n) is 12.5. The van der Waals surface area contributed by atoms with Crippen molar-refractivity contribution >= 4 is 5.69 Å². The average Bonchev–Trinajstić information content (AvgIpc) is 2.48. The molecule has 0 saturated heterocycles. The molecule has 0 aliphatic rings. The maximum Gasteiger partial charge on any atom is 0.146 e. The first-order valence-electron chi connectivity index (χ1n) is 6.97. The van der Waals surface area contributed by atoms with Crippen molar-refractivity contribution in [2.45, 2.75) is 13.0 Å². The van der Waals surface area contributed by atoms with E-state index in [-0.39, 0.29) is 5.82 Å². The van der Waals surface area contributed by atoms with E-state index in [4.69, 9.17) is 10.5 Å². The van der Waals surface area contributed by atoms with Crippen LogP contribution in [-0.4, -0.2) is 20.7 Å². The normalized spacial score (nSPS) is 10.5. The number of para-hydroxylation sites is 1. The second kappa shape index (κ2) is 7.09. The van der Waals surface area contributed by atoms with Crippen LogP contribution in [-0.2, 0) is 13.0 Å². The van der Waals surface area contributed by atoms with E-state index in [1.54, 1.807) is 13.2 Å². The molecule has 3 nitrogen and oxygen atoms in total. The molecule has 0 atom stereocenters. The highest BCUT2D eigenvalue weighted by Crippen LogP contribution is 2.25. The lowest BCUT2D eigenvalue weighted by atomic mass is 10.1. The molecule has 0 fully saturated rings. The summed E-state index contributed by atoms with van der Waals surface area (Å²) in [4.78, 5) is 1.92. The lowest BCUT2D eigenvalue weighted by molar-refractivity contribution is 0.414. The number of nitrogens with zero attached hydrogens (tertiary/aromatic N) is 1. The van der Waals surface area contributed by atoms with Crippen molar-refractivity contribution in [2.75, 3.05) is 25.6 Å². The molecular formula is C17H21FN2O. The summed E-state index contributed by atoms with van der Waals surface area (Å²) < 4.78 is 19.3. The van der Waals surface area contributed by atoms with Gasteiger partial charge in [0.1, 0.15) is 11.6 Å². The van der Waals surface area contributed by atoms with Crippen LogP contribution < -0.4 is 15.4 Å². The Morgan fingerprint density at radius 3 is 2.48 bits per heavy atom. The van der Waals surface area contributed by atoms with Crippen LogP contribution in [0.25, 0.3) is 0 Å². The number of nitrogens with two attached hydrogens (primary N) is 1. The van der Waals surface area contributed by atoms with Gasteiger partial charge < -0.3 is 15.4 Å². The molecule has 0 spiro atoms. The fourth-order valence-corrected chi connectivity index (χ4v) is 2.43. The Kier molecular flexibility index (Phi) is 5.17. The number of hydrogen-bond acceptors (Lipinski definition) is 3. The number of halogens is 1. The lowest BCUT2D eigenvalue weighted by Gasteiger charge is -2.23. The van der Waals surface area contributed by atoms with Crippen molar-refractivity contribution in [1.29, 1.82) is 0 Å². The van der Waals surface area contributed by atoms with Crippen molar-refractivity contribution < 1.29 is 9.13 Å². The highest BCUT2D eigenvalue weighted by atomic mass is 19.1. The topological polar surface area (TPSA) is 38.5 Å². The molecule has 0 radical (unpaired) electrons. The van der Waals surface area contributed by atoms with Crippen LogP contribution >= 0.6 is 0 Å². The summed E-state index contributed by atoms with van der Waals surface area (Å²) in [6.45, 7) is 1.13. The Labute approximate surface area is 125 Å². The van der Waals surface area contributed by atoms with Gasteiger partial charge in [0.2, 0.25) is 0 Å². The van der Waals surface area contributed by atoms with Crippen LogP contribution in [0.3, 0.4) is 0 Å². The maximum absolute atomic E-state index is 14.1. The fraction of sp³-hybridized carbons (Fsp3) is 0.294. The molecule has 0 unspecified atom stereocenters. The van der Waals surface area contributed by atoms with Crippen LogP contribution in [0.15, 0.2) is 42.5 Å². The van der Waals surface area contributed by atoms with Crippen molar-refractivity contribution in [2.24, 2.45) is 5.73 Å². The van der Waals surface area contributed by atoms with E-state index in [0.717, 1.165) is 16.9 Å². The number of rotatable bonds is 6. The van der Waals surface area contributed by atoms with E-state index in [2.05, 4.69) is 0 Å². The third-order valence-corrected chi connectivity index (χ3v) is 3.44. The minimum Gasteiger partial charge on any atom is -0.497 e. The molecule has 0 amide bonds. The summed E-state index contributed by atoms with van der Waals surface area (Å²) >= 11 is 0. The largest absolute Gasteiger partial charge is 0.497 e. The molecule has 0 aliphatic heterocycles. The molecule has 0 aromatic heterocycles. The molecule has 112 valence electrons. The molecule has 2 aromatic rings. The minimum absolute atomic E-state index is 0.211. The summed E-state index contributed by atoms with van der Waals surface area (Å²) in [5, 5.41) is 0.